The van der Waals surface area contributed by atoms with Crippen LogP contribution >= 0.6 is 0 Å². The van der Waals surface area contributed by atoms with Crippen LogP contribution in [0.15, 0.2) is 24.3 Å². The van der Waals surface area contributed by atoms with Crippen molar-refractivity contribution in [3.05, 3.63) is 29.8 Å². The number of para-hydroxylation sites is 1. The first-order valence-corrected chi connectivity index (χ1v) is 6.61. The van der Waals surface area contributed by atoms with Gasteiger partial charge in [-0.15, -0.1) is 0 Å². The minimum absolute atomic E-state index is 0.0480. The summed E-state index contributed by atoms with van der Waals surface area (Å²) in [6.07, 6.45) is 0.280. The topological polar surface area (TPSA) is 49.8 Å². The average Bonchev–Trinajstić information content (AvgIpc) is 2.37. The zero-order valence-electron chi connectivity index (χ0n) is 11.7. The Bertz CT molecular complexity index is 465. The van der Waals surface area contributed by atoms with E-state index in [-0.39, 0.29) is 24.2 Å². The van der Waals surface area contributed by atoms with Crippen molar-refractivity contribution in [2.45, 2.75) is 38.6 Å². The molecule has 1 aliphatic heterocycles. The standard InChI is InChI=1S/C15H21NO3/c1-15(2,3)12-6-4-5-7-13(12)16-11(10-17)8-9-19-14(16)18/h4-7,11,17H,8-10H2,1-3H3. The van der Waals surface area contributed by atoms with Crippen LogP contribution in [0.3, 0.4) is 0 Å². The van der Waals surface area contributed by atoms with Crippen molar-refractivity contribution in [2.75, 3.05) is 18.1 Å². The second kappa shape index (κ2) is 5.21. The summed E-state index contributed by atoms with van der Waals surface area (Å²) in [6.45, 7) is 6.64. The van der Waals surface area contributed by atoms with Gasteiger partial charge in [-0.05, 0) is 17.0 Å². The van der Waals surface area contributed by atoms with Gasteiger partial charge in [0.1, 0.15) is 0 Å². The summed E-state index contributed by atoms with van der Waals surface area (Å²) in [7, 11) is 0. The molecule has 104 valence electrons. The van der Waals surface area contributed by atoms with Crippen molar-refractivity contribution < 1.29 is 14.6 Å². The molecular weight excluding hydrogens is 242 g/mol. The van der Waals surface area contributed by atoms with E-state index in [1.165, 1.54) is 0 Å². The molecule has 0 spiro atoms. The highest BCUT2D eigenvalue weighted by Gasteiger charge is 2.33. The number of carbonyl (C=O) groups excluding carboxylic acids is 1. The third-order valence-corrected chi connectivity index (χ3v) is 3.42. The van der Waals surface area contributed by atoms with Gasteiger partial charge in [0.05, 0.1) is 24.9 Å². The number of nitrogens with zero attached hydrogens (tertiary/aromatic N) is 1. The molecule has 1 atom stereocenters. The largest absolute Gasteiger partial charge is 0.449 e. The third kappa shape index (κ3) is 2.73. The summed E-state index contributed by atoms with van der Waals surface area (Å²) in [5, 5.41) is 9.48. The number of ether oxygens (including phenoxy) is 1. The van der Waals surface area contributed by atoms with Gasteiger partial charge in [0, 0.05) is 6.42 Å². The Morgan fingerprint density at radius 1 is 1.37 bits per heavy atom. The maximum absolute atomic E-state index is 12.0. The summed E-state index contributed by atoms with van der Waals surface area (Å²) in [5.74, 6) is 0. The summed E-state index contributed by atoms with van der Waals surface area (Å²) in [4.78, 5) is 13.6. The molecule has 1 heterocycles. The van der Waals surface area contributed by atoms with Crippen molar-refractivity contribution in [1.82, 2.24) is 0 Å². The van der Waals surface area contributed by atoms with Gasteiger partial charge in [-0.1, -0.05) is 39.0 Å². The minimum atomic E-state index is -0.373. The number of anilines is 1. The Morgan fingerprint density at radius 3 is 2.68 bits per heavy atom. The van der Waals surface area contributed by atoms with E-state index in [4.69, 9.17) is 4.74 Å². The van der Waals surface area contributed by atoms with Gasteiger partial charge in [0.25, 0.3) is 0 Å². The zero-order valence-corrected chi connectivity index (χ0v) is 11.7. The zero-order chi connectivity index (χ0) is 14.0. The molecule has 1 unspecified atom stereocenters. The van der Waals surface area contributed by atoms with Crippen LogP contribution < -0.4 is 4.90 Å². The fourth-order valence-corrected chi connectivity index (χ4v) is 2.42. The molecule has 0 aliphatic carbocycles. The van der Waals surface area contributed by atoms with Crippen LogP contribution in [-0.4, -0.2) is 30.5 Å². The first-order valence-electron chi connectivity index (χ1n) is 6.61. The van der Waals surface area contributed by atoms with E-state index >= 15 is 0 Å². The Morgan fingerprint density at radius 2 is 2.05 bits per heavy atom. The molecule has 4 nitrogen and oxygen atoms in total. The smallest absolute Gasteiger partial charge is 0.414 e. The number of benzene rings is 1. The number of aliphatic hydroxyl groups is 1. The third-order valence-electron chi connectivity index (χ3n) is 3.42. The van der Waals surface area contributed by atoms with Gasteiger partial charge < -0.3 is 9.84 Å². The Hall–Kier alpha value is -1.55. The van der Waals surface area contributed by atoms with E-state index in [1.54, 1.807) is 4.90 Å². The highest BCUT2D eigenvalue weighted by molar-refractivity contribution is 5.90. The van der Waals surface area contributed by atoms with Gasteiger partial charge in [0.15, 0.2) is 0 Å². The number of rotatable bonds is 2. The lowest BCUT2D eigenvalue weighted by Gasteiger charge is -2.37. The van der Waals surface area contributed by atoms with Crippen molar-refractivity contribution in [3.63, 3.8) is 0 Å². The van der Waals surface area contributed by atoms with Crippen molar-refractivity contribution in [1.29, 1.82) is 0 Å². The van der Waals surface area contributed by atoms with Crippen LogP contribution in [0.25, 0.3) is 0 Å². The molecule has 1 amide bonds. The van der Waals surface area contributed by atoms with Gasteiger partial charge >= 0.3 is 6.09 Å². The number of cyclic esters (lactones) is 1. The molecule has 0 bridgehead atoms. The SMILES string of the molecule is CC(C)(C)c1ccccc1N1C(=O)OCCC1CO. The first kappa shape index (κ1) is 13.9. The van der Waals surface area contributed by atoms with E-state index in [0.29, 0.717) is 13.0 Å². The summed E-state index contributed by atoms with van der Waals surface area (Å²) in [5.41, 5.74) is 1.83. The Labute approximate surface area is 114 Å². The van der Waals surface area contributed by atoms with Crippen molar-refractivity contribution in [3.8, 4) is 0 Å². The van der Waals surface area contributed by atoms with Gasteiger partial charge in [0.2, 0.25) is 0 Å². The second-order valence-corrected chi connectivity index (χ2v) is 5.88. The molecule has 0 radical (unpaired) electrons. The maximum atomic E-state index is 12.0. The molecule has 0 aromatic heterocycles. The molecule has 2 rings (SSSR count). The monoisotopic (exact) mass is 263 g/mol. The van der Waals surface area contributed by atoms with E-state index in [9.17, 15) is 9.90 Å². The minimum Gasteiger partial charge on any atom is -0.449 e. The van der Waals surface area contributed by atoms with Crippen LogP contribution in [-0.2, 0) is 10.2 Å². The lowest BCUT2D eigenvalue weighted by Crippen LogP contribution is -2.48. The first-order chi connectivity index (χ1) is 8.95. The molecule has 1 saturated heterocycles. The van der Waals surface area contributed by atoms with Crippen LogP contribution in [0.1, 0.15) is 32.8 Å². The number of amides is 1. The number of hydrogen-bond donors (Lipinski definition) is 1. The van der Waals surface area contributed by atoms with Crippen LogP contribution in [0.4, 0.5) is 10.5 Å². The highest BCUT2D eigenvalue weighted by Crippen LogP contribution is 2.34. The molecule has 4 heteroatoms. The van der Waals surface area contributed by atoms with Gasteiger partial charge in [-0.3, -0.25) is 4.90 Å². The molecule has 1 aromatic rings. The second-order valence-electron chi connectivity index (χ2n) is 5.88. The maximum Gasteiger partial charge on any atom is 0.414 e. The number of hydrogen-bond acceptors (Lipinski definition) is 3. The fraction of sp³-hybridized carbons (Fsp3) is 0.533. The summed E-state index contributed by atoms with van der Waals surface area (Å²) < 4.78 is 5.12. The van der Waals surface area contributed by atoms with E-state index < -0.39 is 0 Å². The molecule has 1 fully saturated rings. The molecule has 19 heavy (non-hydrogen) atoms. The fourth-order valence-electron chi connectivity index (χ4n) is 2.42. The average molecular weight is 263 g/mol. The van der Waals surface area contributed by atoms with Crippen LogP contribution in [0.5, 0.6) is 0 Å². The van der Waals surface area contributed by atoms with E-state index in [0.717, 1.165) is 11.3 Å². The molecular formula is C15H21NO3. The molecule has 1 aliphatic rings. The molecule has 1 N–H and O–H groups in total. The quantitative estimate of drug-likeness (QED) is 0.892. The molecule has 0 saturated carbocycles. The summed E-state index contributed by atoms with van der Waals surface area (Å²) in [6, 6.07) is 7.60. The summed E-state index contributed by atoms with van der Waals surface area (Å²) >= 11 is 0. The predicted octanol–water partition coefficient (Wildman–Crippen LogP) is 2.69. The van der Waals surface area contributed by atoms with Crippen LogP contribution in [0.2, 0.25) is 0 Å². The lowest BCUT2D eigenvalue weighted by atomic mass is 9.85. The van der Waals surface area contributed by atoms with Crippen LogP contribution in [0, 0.1) is 0 Å². The normalized spacial score (nSPS) is 20.3. The van der Waals surface area contributed by atoms with Crippen molar-refractivity contribution >= 4 is 11.8 Å². The highest BCUT2D eigenvalue weighted by atomic mass is 16.6. The number of aliphatic hydroxyl groups excluding tert-OH is 1. The Balaban J connectivity index is 2.47. The number of carbonyl (C=O) groups is 1. The lowest BCUT2D eigenvalue weighted by molar-refractivity contribution is 0.115. The van der Waals surface area contributed by atoms with E-state index in [2.05, 4.69) is 20.8 Å². The molecule has 1 aromatic carbocycles. The van der Waals surface area contributed by atoms with Crippen molar-refractivity contribution in [2.24, 2.45) is 0 Å². The van der Waals surface area contributed by atoms with E-state index in [1.807, 2.05) is 24.3 Å². The predicted molar refractivity (Wildman–Crippen MR) is 74.5 cm³/mol. The van der Waals surface area contributed by atoms with Gasteiger partial charge in [-0.2, -0.15) is 0 Å². The Kier molecular flexibility index (Phi) is 3.80. The van der Waals surface area contributed by atoms with Gasteiger partial charge in [-0.25, -0.2) is 4.79 Å².